The zero-order valence-electron chi connectivity index (χ0n) is 37.9. The molecule has 0 radical (unpaired) electrons. The summed E-state index contributed by atoms with van der Waals surface area (Å²) >= 11 is 0. The van der Waals surface area contributed by atoms with Gasteiger partial charge in [-0.05, 0) is 91.4 Å². The number of ether oxygens (including phenoxy) is 4. The van der Waals surface area contributed by atoms with E-state index in [-0.39, 0.29) is 61.1 Å². The molecule has 18 nitrogen and oxygen atoms in total. The average Bonchev–Trinajstić information content (AvgIpc) is 4.21. The summed E-state index contributed by atoms with van der Waals surface area (Å²) in [6.07, 6.45) is 0.411. The molecule has 3 aromatic carbocycles. The van der Waals surface area contributed by atoms with Gasteiger partial charge in [0, 0.05) is 73.3 Å². The molecule has 19 heteroatoms. The van der Waals surface area contributed by atoms with Crippen molar-refractivity contribution >= 4 is 51.6 Å². The zero-order valence-corrected chi connectivity index (χ0v) is 37.9. The smallest absolute Gasteiger partial charge is 0.407 e. The topological polar surface area (TPSA) is 224 Å². The van der Waals surface area contributed by atoms with Gasteiger partial charge in [0.25, 0.3) is 0 Å². The fourth-order valence-corrected chi connectivity index (χ4v) is 11.2. The zero-order chi connectivity index (χ0) is 47.2. The number of hydrogen-bond donors (Lipinski definition) is 6. The molecule has 0 saturated carbocycles. The third-order valence-electron chi connectivity index (χ3n) is 14.6. The first kappa shape index (κ1) is 45.5. The Bertz CT molecular complexity index is 2510. The van der Waals surface area contributed by atoms with E-state index < -0.39 is 48.6 Å². The number of imidazole rings is 1. The van der Waals surface area contributed by atoms with Gasteiger partial charge in [0.05, 0.1) is 74.8 Å². The first-order valence-electron chi connectivity index (χ1n) is 23.4. The summed E-state index contributed by atoms with van der Waals surface area (Å²) in [6.45, 7) is 1.82. The lowest BCUT2D eigenvalue weighted by atomic mass is 9.97. The highest BCUT2D eigenvalue weighted by Gasteiger charge is 2.45. The molecule has 0 spiro atoms. The summed E-state index contributed by atoms with van der Waals surface area (Å²) in [4.78, 5) is 70.5. The van der Waals surface area contributed by atoms with Crippen LogP contribution in [0.5, 0.6) is 0 Å². The maximum Gasteiger partial charge on any atom is 0.407 e. The van der Waals surface area contributed by atoms with Crippen molar-refractivity contribution in [2.24, 2.45) is 11.8 Å². The van der Waals surface area contributed by atoms with E-state index in [1.165, 1.54) is 26.4 Å². The largest absolute Gasteiger partial charge is 0.453 e. The summed E-state index contributed by atoms with van der Waals surface area (Å²) in [5.74, 6) is -0.918. The Kier molecular flexibility index (Phi) is 12.7. The number of benzene rings is 3. The number of halogens is 1. The lowest BCUT2D eigenvalue weighted by Crippen LogP contribution is -2.52. The van der Waals surface area contributed by atoms with Gasteiger partial charge in [0.1, 0.15) is 23.7 Å². The van der Waals surface area contributed by atoms with Crippen molar-refractivity contribution in [3.05, 3.63) is 95.2 Å². The Labute approximate surface area is 391 Å². The normalized spacial score (nSPS) is 27.0. The van der Waals surface area contributed by atoms with Gasteiger partial charge in [-0.15, -0.1) is 0 Å². The van der Waals surface area contributed by atoms with Crippen LogP contribution in [-0.2, 0) is 28.5 Å². The number of carbonyl (C=O) groups is 4. The molecule has 5 aromatic rings. The van der Waals surface area contributed by atoms with Gasteiger partial charge in [-0.3, -0.25) is 9.59 Å². The summed E-state index contributed by atoms with van der Waals surface area (Å²) < 4.78 is 35.3. The van der Waals surface area contributed by atoms with Crippen LogP contribution in [0, 0.1) is 17.7 Å². The number of H-pyrrole nitrogens is 2. The van der Waals surface area contributed by atoms with Crippen LogP contribution in [0.4, 0.5) is 19.7 Å². The van der Waals surface area contributed by atoms with Crippen LogP contribution >= 0.6 is 0 Å². The number of anilines is 1. The molecule has 10 rings (SSSR count). The average molecular weight is 937 g/mol. The van der Waals surface area contributed by atoms with Crippen LogP contribution < -0.4 is 15.5 Å². The molecule has 0 aliphatic carbocycles. The lowest BCUT2D eigenvalue weighted by Gasteiger charge is -2.33. The fraction of sp³-hybridized carbons (Fsp3) is 0.490. The Balaban J connectivity index is 0.919. The number of methoxy groups -OCH3 is 2. The number of alkyl carbamates (subject to hydrolysis) is 2. The van der Waals surface area contributed by atoms with Gasteiger partial charge in [-0.25, -0.2) is 19.0 Å². The molecule has 2 unspecified atom stereocenters. The quantitative estimate of drug-likeness (QED) is 0.102. The van der Waals surface area contributed by atoms with Crippen molar-refractivity contribution in [1.29, 1.82) is 0 Å². The molecular formula is C49H57FN8O10. The number of β-amino-alcohol motifs (C(OH)–C–C–N with tert-alkyl or cyclic N) is 2. The van der Waals surface area contributed by atoms with E-state index in [0.29, 0.717) is 57.0 Å². The number of aliphatic hydroxyl groups excluding tert-OH is 2. The number of nitrogens with zero attached hydrogens (tertiary/aromatic N) is 4. The molecule has 10 atom stereocenters. The van der Waals surface area contributed by atoms with Crippen LogP contribution in [0.15, 0.2) is 66.7 Å². The van der Waals surface area contributed by atoms with Gasteiger partial charge in [-0.2, -0.15) is 0 Å². The number of nitrogens with one attached hydrogen (secondary N) is 4. The minimum atomic E-state index is -0.891. The van der Waals surface area contributed by atoms with E-state index >= 15 is 0 Å². The number of fused-ring (bicyclic) bond motifs is 2. The molecular weight excluding hydrogens is 880 g/mol. The molecule has 5 aliphatic rings. The number of aliphatic hydroxyl groups is 2. The lowest BCUT2D eigenvalue weighted by molar-refractivity contribution is -0.136. The number of hydrogen-bond acceptors (Lipinski definition) is 12. The van der Waals surface area contributed by atoms with Gasteiger partial charge in [0.2, 0.25) is 11.8 Å². The highest BCUT2D eigenvalue weighted by molar-refractivity contribution is 5.88. The van der Waals surface area contributed by atoms with E-state index in [1.807, 2.05) is 18.2 Å². The van der Waals surface area contributed by atoms with Gasteiger partial charge >= 0.3 is 12.2 Å². The van der Waals surface area contributed by atoms with Crippen LogP contribution in [0.2, 0.25) is 0 Å². The van der Waals surface area contributed by atoms with Crippen molar-refractivity contribution in [3.8, 4) is 0 Å². The minimum Gasteiger partial charge on any atom is -0.453 e. The van der Waals surface area contributed by atoms with Crippen molar-refractivity contribution in [2.45, 2.75) is 87.0 Å². The standard InChI is InChI=1S/C49H57FN8O10/c1-65-48(63)54-43(28-13-15-67-24-28)46(61)56-22-33(59)20-41(56)38-19-30-17-26(3-9-35(30)51-38)39-11-12-40(58(39)32-7-5-31(50)6-8-32)27-4-10-36-37(18-27)53-45(52-36)42-21-34(60)23-57(42)47(62)44(55-49(64)66-2)29-14-16-68-25-29/h3-10,17-19,28-29,33-34,39-44,51,59-60H,11-16,20-25H2,1-2H3,(H,52,53)(H,54,63)(H,55,64)/t28?,29?,33-,34+,39-,40-,41+,42+,43+,44+/m1/s1. The SMILES string of the molecule is COC(=O)N[C@H](C(=O)N1C[C@H](O)C[C@H]1c1cc2cc([C@H]3CC[C@H](c4ccc5nc([C@@H]6C[C@H](O)CN6C(=O)[C@@H](NC(=O)OC)C6CCOC6)[nH]c5c4)N3c3ccc(F)cc3)ccc2[nH]1)C1CCOC1. The monoisotopic (exact) mass is 936 g/mol. The van der Waals surface area contributed by atoms with Gasteiger partial charge in [-0.1, -0.05) is 12.1 Å². The molecule has 4 amide bonds. The summed E-state index contributed by atoms with van der Waals surface area (Å²) in [7, 11) is 2.51. The number of amides is 4. The molecule has 7 heterocycles. The molecule has 360 valence electrons. The number of likely N-dealkylation sites (tertiary alicyclic amines) is 2. The Hall–Kier alpha value is -6.28. The molecule has 5 fully saturated rings. The van der Waals surface area contributed by atoms with Crippen molar-refractivity contribution < 1.29 is 52.7 Å². The van der Waals surface area contributed by atoms with Crippen molar-refractivity contribution in [3.63, 3.8) is 0 Å². The summed E-state index contributed by atoms with van der Waals surface area (Å²) in [5.41, 5.74) is 6.02. The van der Waals surface area contributed by atoms with Crippen molar-refractivity contribution in [1.82, 2.24) is 35.4 Å². The molecule has 6 N–H and O–H groups in total. The Morgan fingerprint density at radius 3 is 1.87 bits per heavy atom. The summed E-state index contributed by atoms with van der Waals surface area (Å²) in [5, 5.41) is 28.1. The predicted molar refractivity (Wildman–Crippen MR) is 245 cm³/mol. The maximum absolute atomic E-state index is 14.4. The first-order chi connectivity index (χ1) is 33.0. The van der Waals surface area contributed by atoms with E-state index in [0.717, 1.165) is 51.8 Å². The Morgan fingerprint density at radius 2 is 1.28 bits per heavy atom. The number of carbonyl (C=O) groups excluding carboxylic acids is 4. The molecule has 5 saturated heterocycles. The van der Waals surface area contributed by atoms with Crippen LogP contribution in [0.1, 0.15) is 85.3 Å². The predicted octanol–water partition coefficient (Wildman–Crippen LogP) is 5.06. The Morgan fingerprint density at radius 1 is 0.706 bits per heavy atom. The van der Waals surface area contributed by atoms with Gasteiger partial charge < -0.3 is 64.5 Å². The fourth-order valence-electron chi connectivity index (χ4n) is 11.2. The van der Waals surface area contributed by atoms with Crippen LogP contribution in [-0.4, -0.2) is 137 Å². The van der Waals surface area contributed by atoms with Crippen LogP contribution in [0.25, 0.3) is 21.9 Å². The minimum absolute atomic E-state index is 0.0830. The molecule has 68 heavy (non-hydrogen) atoms. The maximum atomic E-state index is 14.4. The highest BCUT2D eigenvalue weighted by Crippen LogP contribution is 2.48. The van der Waals surface area contributed by atoms with E-state index in [1.54, 1.807) is 21.9 Å². The van der Waals surface area contributed by atoms with Gasteiger partial charge in [0.15, 0.2) is 0 Å². The molecule has 2 aromatic heterocycles. The summed E-state index contributed by atoms with van der Waals surface area (Å²) in [6, 6.07) is 17.9. The van der Waals surface area contributed by atoms with E-state index in [2.05, 4.69) is 49.8 Å². The number of aromatic amines is 2. The third kappa shape index (κ3) is 8.83. The second-order valence-corrected chi connectivity index (χ2v) is 18.7. The first-order valence-corrected chi connectivity index (χ1v) is 23.4. The number of rotatable bonds is 11. The second-order valence-electron chi connectivity index (χ2n) is 18.7. The third-order valence-corrected chi connectivity index (χ3v) is 14.6. The van der Waals surface area contributed by atoms with Crippen LogP contribution in [0.3, 0.4) is 0 Å². The van der Waals surface area contributed by atoms with E-state index in [4.69, 9.17) is 23.9 Å². The van der Waals surface area contributed by atoms with Crippen molar-refractivity contribution in [2.75, 3.05) is 58.6 Å². The highest BCUT2D eigenvalue weighted by atomic mass is 19.1. The second kappa shape index (κ2) is 19.0. The molecule has 0 bridgehead atoms. The van der Waals surface area contributed by atoms with E-state index in [9.17, 15) is 33.8 Å². The molecule has 5 aliphatic heterocycles. The number of aromatic nitrogens is 3.